The maximum Gasteiger partial charge on any atom is 0.382 e. The van der Waals surface area contributed by atoms with Crippen molar-refractivity contribution in [2.45, 2.75) is 6.42 Å². The number of thiophene rings is 2. The molecule has 0 aromatic carbocycles. The Balaban J connectivity index is 1.68. The van der Waals surface area contributed by atoms with Crippen molar-refractivity contribution >= 4 is 40.4 Å². The molecule has 19 heavy (non-hydrogen) atoms. The normalized spacial score (nSPS) is 16.7. The van der Waals surface area contributed by atoms with E-state index in [1.807, 2.05) is 29.0 Å². The van der Waals surface area contributed by atoms with Crippen LogP contribution in [-0.2, 0) is 16.0 Å². The second kappa shape index (κ2) is 5.46. The first-order chi connectivity index (χ1) is 9.33. The molecule has 3 heterocycles. The highest BCUT2D eigenvalue weighted by molar-refractivity contribution is 7.12. The third-order valence-corrected chi connectivity index (χ3v) is 4.31. The number of amidine groups is 1. The van der Waals surface area contributed by atoms with E-state index in [4.69, 9.17) is 4.74 Å². The molecule has 0 aliphatic carbocycles. The summed E-state index contributed by atoms with van der Waals surface area (Å²) >= 11 is 3.17. The second-order valence-corrected chi connectivity index (χ2v) is 5.80. The number of carbonyl (C=O) groups is 1. The Morgan fingerprint density at radius 3 is 2.79 bits per heavy atom. The van der Waals surface area contributed by atoms with E-state index in [2.05, 4.69) is 16.1 Å². The smallest absolute Gasteiger partial charge is 0.382 e. The maximum absolute atomic E-state index is 11.6. The molecule has 1 aliphatic rings. The maximum atomic E-state index is 11.6. The first-order valence-corrected chi connectivity index (χ1v) is 7.50. The van der Waals surface area contributed by atoms with E-state index >= 15 is 0 Å². The summed E-state index contributed by atoms with van der Waals surface area (Å²) in [5, 5.41) is 3.94. The van der Waals surface area contributed by atoms with Gasteiger partial charge in [0.15, 0.2) is 0 Å². The molecule has 0 amide bonds. The van der Waals surface area contributed by atoms with E-state index < -0.39 is 5.97 Å². The predicted molar refractivity (Wildman–Crippen MR) is 77.3 cm³/mol. The lowest BCUT2D eigenvalue weighted by atomic mass is 10.3. The highest BCUT2D eigenvalue weighted by atomic mass is 32.1. The molecule has 0 spiro atoms. The van der Waals surface area contributed by atoms with Gasteiger partial charge in [-0.3, -0.25) is 4.99 Å². The van der Waals surface area contributed by atoms with Crippen LogP contribution in [0.4, 0.5) is 0 Å². The fraction of sp³-hybridized carbons (Fsp3) is 0.154. The molecule has 1 aliphatic heterocycles. The van der Waals surface area contributed by atoms with Crippen molar-refractivity contribution in [2.24, 2.45) is 9.98 Å². The van der Waals surface area contributed by atoms with Crippen LogP contribution in [0.3, 0.4) is 0 Å². The molecule has 2 aromatic heterocycles. The van der Waals surface area contributed by atoms with Crippen LogP contribution in [-0.4, -0.2) is 24.2 Å². The van der Waals surface area contributed by atoms with Crippen LogP contribution in [0.2, 0.25) is 0 Å². The number of nitrogens with zero attached hydrogens (tertiary/aromatic N) is 2. The number of rotatable bonds is 4. The number of esters is 1. The van der Waals surface area contributed by atoms with Crippen molar-refractivity contribution in [2.75, 3.05) is 6.54 Å². The Morgan fingerprint density at radius 2 is 2.05 bits per heavy atom. The summed E-state index contributed by atoms with van der Waals surface area (Å²) in [4.78, 5) is 22.0. The fourth-order valence-corrected chi connectivity index (χ4v) is 2.98. The molecule has 0 fully saturated rings. The van der Waals surface area contributed by atoms with E-state index in [9.17, 15) is 4.79 Å². The molecule has 0 unspecified atom stereocenters. The summed E-state index contributed by atoms with van der Waals surface area (Å²) in [7, 11) is 0. The lowest BCUT2D eigenvalue weighted by Gasteiger charge is -1.93. The summed E-state index contributed by atoms with van der Waals surface area (Å²) in [6.45, 7) is 0.548. The van der Waals surface area contributed by atoms with Crippen molar-refractivity contribution in [3.05, 3.63) is 44.8 Å². The minimum atomic E-state index is -0.463. The minimum Gasteiger partial charge on any atom is -0.400 e. The van der Waals surface area contributed by atoms with Crippen molar-refractivity contribution < 1.29 is 9.53 Å². The van der Waals surface area contributed by atoms with Gasteiger partial charge >= 0.3 is 5.97 Å². The van der Waals surface area contributed by atoms with Crippen LogP contribution in [0, 0.1) is 0 Å². The van der Waals surface area contributed by atoms with Gasteiger partial charge in [0.2, 0.25) is 11.7 Å². The molecule has 0 N–H and O–H groups in total. The molecular weight excluding hydrogens is 280 g/mol. The largest absolute Gasteiger partial charge is 0.400 e. The van der Waals surface area contributed by atoms with Gasteiger partial charge in [-0.2, -0.15) is 4.99 Å². The predicted octanol–water partition coefficient (Wildman–Crippen LogP) is 2.75. The van der Waals surface area contributed by atoms with E-state index in [-0.39, 0.29) is 5.84 Å². The Labute approximate surface area is 118 Å². The quantitative estimate of drug-likeness (QED) is 0.813. The van der Waals surface area contributed by atoms with Crippen molar-refractivity contribution in [3.63, 3.8) is 0 Å². The zero-order valence-corrected chi connectivity index (χ0v) is 11.5. The first kappa shape index (κ1) is 12.3. The summed E-state index contributed by atoms with van der Waals surface area (Å²) in [5.74, 6) is 0.0596. The standard InChI is InChI=1S/C13H10N2O2S2/c16-13-11(14-6-5-9-3-1-7-18-9)15-12(17-13)10-4-2-8-19-10/h1-4,7-8H,5-6H2/b14-11-. The molecule has 0 radical (unpaired) electrons. The topological polar surface area (TPSA) is 51.0 Å². The highest BCUT2D eigenvalue weighted by Crippen LogP contribution is 2.15. The number of cyclic esters (lactones) is 1. The van der Waals surface area contributed by atoms with E-state index in [1.165, 1.54) is 16.2 Å². The van der Waals surface area contributed by atoms with E-state index in [0.29, 0.717) is 12.4 Å². The van der Waals surface area contributed by atoms with E-state index in [1.54, 1.807) is 11.3 Å². The summed E-state index contributed by atoms with van der Waals surface area (Å²) in [6, 6.07) is 7.82. The van der Waals surface area contributed by atoms with Crippen molar-refractivity contribution in [3.8, 4) is 0 Å². The van der Waals surface area contributed by atoms with Crippen LogP contribution in [0.15, 0.2) is 45.0 Å². The van der Waals surface area contributed by atoms with Gasteiger partial charge < -0.3 is 4.74 Å². The molecule has 0 saturated heterocycles. The molecule has 96 valence electrons. The average molecular weight is 290 g/mol. The fourth-order valence-electron chi connectivity index (χ4n) is 1.63. The minimum absolute atomic E-state index is 0.167. The number of carbonyl (C=O) groups excluding carboxylic acids is 1. The first-order valence-electron chi connectivity index (χ1n) is 5.74. The van der Waals surface area contributed by atoms with Gasteiger partial charge in [0.25, 0.3) is 0 Å². The summed E-state index contributed by atoms with van der Waals surface area (Å²) in [5.41, 5.74) is 0. The SMILES string of the molecule is O=C1OC(c2cccs2)=N/C1=N\CCc1cccs1. The molecule has 4 nitrogen and oxygen atoms in total. The molecule has 6 heteroatoms. The summed E-state index contributed by atoms with van der Waals surface area (Å²) < 4.78 is 5.10. The second-order valence-electron chi connectivity index (χ2n) is 3.82. The van der Waals surface area contributed by atoms with Crippen molar-refractivity contribution in [1.29, 1.82) is 0 Å². The molecule has 0 bridgehead atoms. The van der Waals surface area contributed by atoms with Crippen molar-refractivity contribution in [1.82, 2.24) is 0 Å². The third-order valence-electron chi connectivity index (χ3n) is 2.51. The van der Waals surface area contributed by atoms with Gasteiger partial charge in [-0.05, 0) is 22.9 Å². The molecule has 3 rings (SSSR count). The van der Waals surface area contributed by atoms with Gasteiger partial charge in [0.05, 0.1) is 4.88 Å². The van der Waals surface area contributed by atoms with E-state index in [0.717, 1.165) is 11.3 Å². The number of hydrogen-bond donors (Lipinski definition) is 0. The third kappa shape index (κ3) is 2.80. The Morgan fingerprint density at radius 1 is 1.21 bits per heavy atom. The zero-order chi connectivity index (χ0) is 13.1. The molecule has 2 aromatic rings. The Hall–Kier alpha value is -1.79. The number of aliphatic imine (C=N–C) groups is 2. The Kier molecular flexibility index (Phi) is 3.52. The number of hydrogen-bond acceptors (Lipinski definition) is 5. The highest BCUT2D eigenvalue weighted by Gasteiger charge is 2.25. The molecular formula is C13H10N2O2S2. The summed E-state index contributed by atoms with van der Waals surface area (Å²) in [6.07, 6.45) is 0.818. The van der Waals surface area contributed by atoms with Crippen LogP contribution in [0.5, 0.6) is 0 Å². The van der Waals surface area contributed by atoms with Crippen LogP contribution >= 0.6 is 22.7 Å². The monoisotopic (exact) mass is 290 g/mol. The number of ether oxygens (including phenoxy) is 1. The van der Waals surface area contributed by atoms with Gasteiger partial charge in [0.1, 0.15) is 0 Å². The van der Waals surface area contributed by atoms with Gasteiger partial charge in [-0.1, -0.05) is 12.1 Å². The van der Waals surface area contributed by atoms with Crippen LogP contribution < -0.4 is 0 Å². The molecule has 0 saturated carbocycles. The van der Waals surface area contributed by atoms with Crippen LogP contribution in [0.25, 0.3) is 0 Å². The lowest BCUT2D eigenvalue weighted by molar-refractivity contribution is -0.127. The van der Waals surface area contributed by atoms with Crippen LogP contribution in [0.1, 0.15) is 9.75 Å². The van der Waals surface area contributed by atoms with Gasteiger partial charge in [0, 0.05) is 17.8 Å². The Bertz CT molecular complexity index is 628. The average Bonchev–Trinajstić information content (AvgIpc) is 3.11. The van der Waals surface area contributed by atoms with Gasteiger partial charge in [-0.25, -0.2) is 4.79 Å². The van der Waals surface area contributed by atoms with Gasteiger partial charge in [-0.15, -0.1) is 22.7 Å². The zero-order valence-electron chi connectivity index (χ0n) is 9.91. The lowest BCUT2D eigenvalue weighted by Crippen LogP contribution is -2.09. The molecule has 0 atom stereocenters.